The van der Waals surface area contributed by atoms with Crippen molar-refractivity contribution in [3.05, 3.63) is 54.1 Å². The Kier molecular flexibility index (Phi) is 3.41. The molecule has 0 saturated carbocycles. The smallest absolute Gasteiger partial charge is 0.0109 e. The van der Waals surface area contributed by atoms with Crippen molar-refractivity contribution in [2.45, 2.75) is 40.0 Å². The summed E-state index contributed by atoms with van der Waals surface area (Å²) >= 11 is 0. The minimum atomic E-state index is 0.431. The van der Waals surface area contributed by atoms with Crippen molar-refractivity contribution < 1.29 is 0 Å². The molecule has 20 heavy (non-hydrogen) atoms. The van der Waals surface area contributed by atoms with Crippen LogP contribution in [0.4, 0.5) is 0 Å². The number of hydrogen-bond acceptors (Lipinski definition) is 0. The van der Waals surface area contributed by atoms with Gasteiger partial charge in [-0.1, -0.05) is 69.3 Å². The third-order valence-electron chi connectivity index (χ3n) is 4.77. The highest BCUT2D eigenvalue weighted by atomic mass is 14.3. The molecule has 0 bridgehead atoms. The first-order chi connectivity index (χ1) is 9.55. The molecule has 0 nitrogen and oxygen atoms in total. The first-order valence-electron chi connectivity index (χ1n) is 7.73. The Labute approximate surface area is 122 Å². The van der Waals surface area contributed by atoms with Crippen molar-refractivity contribution in [2.75, 3.05) is 0 Å². The number of rotatable bonds is 1. The van der Waals surface area contributed by atoms with Crippen molar-refractivity contribution in [2.24, 2.45) is 11.3 Å². The maximum Gasteiger partial charge on any atom is -0.0109 e. The van der Waals surface area contributed by atoms with Gasteiger partial charge in [0.1, 0.15) is 0 Å². The number of hydrogen-bond donors (Lipinski definition) is 0. The lowest BCUT2D eigenvalue weighted by molar-refractivity contribution is 0.225. The number of benzene rings is 2. The van der Waals surface area contributed by atoms with Gasteiger partial charge in [0.25, 0.3) is 0 Å². The molecule has 0 fully saturated rings. The second-order valence-electron chi connectivity index (χ2n) is 7.09. The summed E-state index contributed by atoms with van der Waals surface area (Å²) in [7, 11) is 0. The van der Waals surface area contributed by atoms with Crippen LogP contribution in [0.2, 0.25) is 0 Å². The Balaban J connectivity index is 1.95. The average molecular weight is 264 g/mol. The maximum atomic E-state index is 2.49. The zero-order chi connectivity index (χ0) is 14.2. The van der Waals surface area contributed by atoms with Gasteiger partial charge in [-0.15, -0.1) is 0 Å². The average Bonchev–Trinajstić information content (AvgIpc) is 2.46. The van der Waals surface area contributed by atoms with Gasteiger partial charge in [-0.3, -0.25) is 0 Å². The predicted molar refractivity (Wildman–Crippen MR) is 88.7 cm³/mol. The third kappa shape index (κ3) is 2.52. The SMILES string of the molecule is CC(C)(C)[C@H]1CC=C(c2cccc3ccccc23)CC1. The van der Waals surface area contributed by atoms with E-state index in [0.29, 0.717) is 5.41 Å². The van der Waals surface area contributed by atoms with Gasteiger partial charge < -0.3 is 0 Å². The summed E-state index contributed by atoms with van der Waals surface area (Å²) in [5, 5.41) is 2.75. The zero-order valence-electron chi connectivity index (χ0n) is 12.8. The van der Waals surface area contributed by atoms with Gasteiger partial charge in [-0.25, -0.2) is 0 Å². The number of fused-ring (bicyclic) bond motifs is 1. The molecule has 0 unspecified atom stereocenters. The maximum absolute atomic E-state index is 2.49. The van der Waals surface area contributed by atoms with E-state index >= 15 is 0 Å². The predicted octanol–water partition coefficient (Wildman–Crippen LogP) is 6.07. The van der Waals surface area contributed by atoms with Gasteiger partial charge in [0, 0.05) is 0 Å². The standard InChI is InChI=1S/C20H24/c1-20(2,3)17-13-11-16(12-14-17)19-10-6-8-15-7-4-5-9-18(15)19/h4-11,17H,12-14H2,1-3H3/t17-/m0/s1. The Bertz CT molecular complexity index is 635. The van der Waals surface area contributed by atoms with Crippen molar-refractivity contribution in [3.8, 4) is 0 Å². The highest BCUT2D eigenvalue weighted by Gasteiger charge is 2.26. The second kappa shape index (κ2) is 5.09. The zero-order valence-corrected chi connectivity index (χ0v) is 12.8. The van der Waals surface area contributed by atoms with Crippen LogP contribution in [0, 0.1) is 11.3 Å². The van der Waals surface area contributed by atoms with E-state index in [2.05, 4.69) is 69.3 Å². The van der Waals surface area contributed by atoms with Crippen LogP contribution in [-0.4, -0.2) is 0 Å². The fourth-order valence-electron chi connectivity index (χ4n) is 3.37. The molecule has 0 radical (unpaired) electrons. The minimum absolute atomic E-state index is 0.431. The molecular formula is C20H24. The fourth-order valence-corrected chi connectivity index (χ4v) is 3.37. The van der Waals surface area contributed by atoms with Crippen LogP contribution in [0.15, 0.2) is 48.5 Å². The van der Waals surface area contributed by atoms with E-state index in [1.54, 1.807) is 5.57 Å². The lowest BCUT2D eigenvalue weighted by Crippen LogP contribution is -2.21. The van der Waals surface area contributed by atoms with Crippen LogP contribution in [0.25, 0.3) is 16.3 Å². The fraction of sp³-hybridized carbons (Fsp3) is 0.400. The molecule has 2 aromatic rings. The third-order valence-corrected chi connectivity index (χ3v) is 4.77. The van der Waals surface area contributed by atoms with E-state index in [-0.39, 0.29) is 0 Å². The highest BCUT2D eigenvalue weighted by molar-refractivity contribution is 5.93. The van der Waals surface area contributed by atoms with Gasteiger partial charge in [-0.2, -0.15) is 0 Å². The van der Waals surface area contributed by atoms with Crippen molar-refractivity contribution >= 4 is 16.3 Å². The van der Waals surface area contributed by atoms with Gasteiger partial charge in [-0.05, 0) is 52.5 Å². The van der Waals surface area contributed by atoms with Crippen LogP contribution in [0.1, 0.15) is 45.6 Å². The molecule has 1 aliphatic carbocycles. The molecule has 0 aliphatic heterocycles. The van der Waals surface area contributed by atoms with Crippen LogP contribution < -0.4 is 0 Å². The van der Waals surface area contributed by atoms with Crippen LogP contribution in [-0.2, 0) is 0 Å². The van der Waals surface area contributed by atoms with Gasteiger partial charge >= 0.3 is 0 Å². The minimum Gasteiger partial charge on any atom is -0.0804 e. The van der Waals surface area contributed by atoms with Crippen LogP contribution in [0.3, 0.4) is 0 Å². The molecule has 3 rings (SSSR count). The molecule has 104 valence electrons. The Morgan fingerprint density at radius 2 is 1.70 bits per heavy atom. The molecule has 0 aromatic heterocycles. The van der Waals surface area contributed by atoms with E-state index in [1.165, 1.54) is 35.6 Å². The first kappa shape index (κ1) is 13.4. The Morgan fingerprint density at radius 3 is 2.40 bits per heavy atom. The molecule has 0 amide bonds. The largest absolute Gasteiger partial charge is 0.0804 e. The molecule has 0 heteroatoms. The van der Waals surface area contributed by atoms with E-state index in [0.717, 1.165) is 5.92 Å². The van der Waals surface area contributed by atoms with Gasteiger partial charge in [0.2, 0.25) is 0 Å². The Morgan fingerprint density at radius 1 is 0.950 bits per heavy atom. The summed E-state index contributed by atoms with van der Waals surface area (Å²) in [6.07, 6.45) is 6.25. The summed E-state index contributed by atoms with van der Waals surface area (Å²) < 4.78 is 0. The number of allylic oxidation sites excluding steroid dienone is 2. The normalized spacial score (nSPS) is 19.9. The Hall–Kier alpha value is -1.56. The summed E-state index contributed by atoms with van der Waals surface area (Å²) in [5.41, 5.74) is 3.42. The molecule has 2 aromatic carbocycles. The summed E-state index contributed by atoms with van der Waals surface area (Å²) in [6, 6.07) is 15.4. The highest BCUT2D eigenvalue weighted by Crippen LogP contribution is 2.40. The van der Waals surface area contributed by atoms with Gasteiger partial charge in [0.15, 0.2) is 0 Å². The molecular weight excluding hydrogens is 240 g/mol. The van der Waals surface area contributed by atoms with E-state index in [9.17, 15) is 0 Å². The summed E-state index contributed by atoms with van der Waals surface area (Å²) in [4.78, 5) is 0. The van der Waals surface area contributed by atoms with Gasteiger partial charge in [0.05, 0.1) is 0 Å². The van der Waals surface area contributed by atoms with E-state index in [1.807, 2.05) is 0 Å². The van der Waals surface area contributed by atoms with E-state index < -0.39 is 0 Å². The molecule has 0 N–H and O–H groups in total. The molecule has 1 atom stereocenters. The molecule has 0 spiro atoms. The monoisotopic (exact) mass is 264 g/mol. The molecule has 0 saturated heterocycles. The quantitative estimate of drug-likeness (QED) is 0.586. The lowest BCUT2D eigenvalue weighted by atomic mass is 9.72. The van der Waals surface area contributed by atoms with Crippen molar-refractivity contribution in [1.29, 1.82) is 0 Å². The lowest BCUT2D eigenvalue weighted by Gasteiger charge is -2.33. The summed E-state index contributed by atoms with van der Waals surface area (Å²) in [6.45, 7) is 7.11. The van der Waals surface area contributed by atoms with Crippen LogP contribution >= 0.6 is 0 Å². The van der Waals surface area contributed by atoms with Crippen molar-refractivity contribution in [1.82, 2.24) is 0 Å². The molecule has 0 heterocycles. The first-order valence-corrected chi connectivity index (χ1v) is 7.73. The topological polar surface area (TPSA) is 0 Å². The van der Waals surface area contributed by atoms with Crippen molar-refractivity contribution in [3.63, 3.8) is 0 Å². The summed E-state index contributed by atoms with van der Waals surface area (Å²) in [5.74, 6) is 0.821. The second-order valence-corrected chi connectivity index (χ2v) is 7.09. The van der Waals surface area contributed by atoms with E-state index in [4.69, 9.17) is 0 Å². The molecule has 1 aliphatic rings. The van der Waals surface area contributed by atoms with Crippen LogP contribution in [0.5, 0.6) is 0 Å².